The number of nitrogens with zero attached hydrogens (tertiary/aromatic N) is 2. The summed E-state index contributed by atoms with van der Waals surface area (Å²) in [4.78, 5) is 4.70. The van der Waals surface area contributed by atoms with Crippen molar-refractivity contribution in [3.8, 4) is 11.6 Å². The molecule has 0 spiro atoms. The molecule has 3 heterocycles. The Balaban J connectivity index is 1.86. The van der Waals surface area contributed by atoms with Gasteiger partial charge in [0.2, 0.25) is 0 Å². The predicted molar refractivity (Wildman–Crippen MR) is 74.0 cm³/mol. The summed E-state index contributed by atoms with van der Waals surface area (Å²) in [5.74, 6) is 2.33. The van der Waals surface area contributed by atoms with Gasteiger partial charge in [0, 0.05) is 26.1 Å². The molecule has 2 aromatic heterocycles. The second-order valence-corrected chi connectivity index (χ2v) is 5.08. The van der Waals surface area contributed by atoms with Gasteiger partial charge in [-0.3, -0.25) is 0 Å². The molecule has 4 rings (SSSR count). The van der Waals surface area contributed by atoms with E-state index >= 15 is 0 Å². The van der Waals surface area contributed by atoms with Crippen molar-refractivity contribution < 1.29 is 4.42 Å². The molecule has 1 fully saturated rings. The summed E-state index contributed by atoms with van der Waals surface area (Å²) >= 11 is 0. The molecule has 1 aliphatic rings. The molecule has 1 aromatic carbocycles. The van der Waals surface area contributed by atoms with Crippen LogP contribution in [0.1, 0.15) is 11.5 Å². The Bertz CT molecular complexity index is 723. The van der Waals surface area contributed by atoms with Crippen LogP contribution in [0.25, 0.3) is 22.6 Å². The summed E-state index contributed by atoms with van der Waals surface area (Å²) in [6.45, 7) is 2.15. The van der Waals surface area contributed by atoms with Crippen LogP contribution in [-0.2, 0) is 7.05 Å². The number of rotatable bonds is 2. The van der Waals surface area contributed by atoms with Gasteiger partial charge >= 0.3 is 0 Å². The first-order chi connectivity index (χ1) is 9.33. The molecule has 0 bridgehead atoms. The lowest BCUT2D eigenvalue weighted by atomic mass is 9.93. The molecule has 0 atom stereocenters. The Morgan fingerprint density at radius 2 is 2.21 bits per heavy atom. The third-order valence-corrected chi connectivity index (χ3v) is 3.90. The minimum atomic E-state index is 0.637. The van der Waals surface area contributed by atoms with E-state index in [1.54, 1.807) is 6.26 Å². The molecule has 1 N–H and O–H groups in total. The van der Waals surface area contributed by atoms with Crippen molar-refractivity contribution in [1.29, 1.82) is 0 Å². The molecule has 1 aliphatic heterocycles. The van der Waals surface area contributed by atoms with E-state index in [0.717, 1.165) is 35.7 Å². The summed E-state index contributed by atoms with van der Waals surface area (Å²) in [5.41, 5.74) is 3.55. The number of aryl methyl sites for hydroxylation is 1. The van der Waals surface area contributed by atoms with Gasteiger partial charge in [-0.05, 0) is 29.8 Å². The van der Waals surface area contributed by atoms with Crippen LogP contribution in [0.15, 0.2) is 41.0 Å². The molecule has 4 heteroatoms. The van der Waals surface area contributed by atoms with E-state index < -0.39 is 0 Å². The summed E-state index contributed by atoms with van der Waals surface area (Å²) in [7, 11) is 2.03. The average molecular weight is 253 g/mol. The van der Waals surface area contributed by atoms with Crippen molar-refractivity contribution in [2.75, 3.05) is 13.1 Å². The quantitative estimate of drug-likeness (QED) is 0.763. The molecule has 96 valence electrons. The topological polar surface area (TPSA) is 43.0 Å². The zero-order chi connectivity index (χ0) is 12.8. The van der Waals surface area contributed by atoms with Gasteiger partial charge in [-0.25, -0.2) is 4.98 Å². The maximum atomic E-state index is 5.45. The first-order valence-corrected chi connectivity index (χ1v) is 6.54. The van der Waals surface area contributed by atoms with Gasteiger partial charge in [0.15, 0.2) is 11.6 Å². The summed E-state index contributed by atoms with van der Waals surface area (Å²) in [6.07, 6.45) is 1.68. The van der Waals surface area contributed by atoms with E-state index in [-0.39, 0.29) is 0 Å². The van der Waals surface area contributed by atoms with Gasteiger partial charge in [0.05, 0.1) is 17.3 Å². The van der Waals surface area contributed by atoms with Crippen molar-refractivity contribution in [1.82, 2.24) is 14.9 Å². The van der Waals surface area contributed by atoms with Crippen molar-refractivity contribution >= 4 is 11.0 Å². The lowest BCUT2D eigenvalue weighted by Crippen LogP contribution is -2.39. The Hall–Kier alpha value is -2.07. The molecule has 3 aromatic rings. The molecular formula is C15H15N3O. The van der Waals surface area contributed by atoms with Gasteiger partial charge in [-0.15, -0.1) is 0 Å². The van der Waals surface area contributed by atoms with Crippen molar-refractivity contribution in [2.45, 2.75) is 5.92 Å². The van der Waals surface area contributed by atoms with Crippen LogP contribution in [0, 0.1) is 0 Å². The van der Waals surface area contributed by atoms with E-state index in [0.29, 0.717) is 5.92 Å². The monoisotopic (exact) mass is 253 g/mol. The number of imidazole rings is 1. The highest BCUT2D eigenvalue weighted by atomic mass is 16.3. The van der Waals surface area contributed by atoms with E-state index in [2.05, 4.69) is 28.1 Å². The van der Waals surface area contributed by atoms with Crippen LogP contribution in [0.4, 0.5) is 0 Å². The molecule has 0 aliphatic carbocycles. The fraction of sp³-hybridized carbons (Fsp3) is 0.267. The lowest BCUT2D eigenvalue weighted by Gasteiger charge is -2.27. The minimum Gasteiger partial charge on any atom is -0.461 e. The second kappa shape index (κ2) is 3.96. The highest BCUT2D eigenvalue weighted by Gasteiger charge is 2.20. The van der Waals surface area contributed by atoms with Crippen LogP contribution in [0.2, 0.25) is 0 Å². The summed E-state index contributed by atoms with van der Waals surface area (Å²) < 4.78 is 7.53. The standard InChI is InChI=1S/C15H15N3O/c1-18-13-5-4-10(11-8-16-9-11)7-12(13)17-15(18)14-3-2-6-19-14/h2-7,11,16H,8-9H2,1H3. The normalized spacial score (nSPS) is 15.8. The number of nitrogens with one attached hydrogen (secondary N) is 1. The van der Waals surface area contributed by atoms with Crippen LogP contribution in [0.3, 0.4) is 0 Å². The van der Waals surface area contributed by atoms with Gasteiger partial charge < -0.3 is 14.3 Å². The largest absolute Gasteiger partial charge is 0.461 e. The second-order valence-electron chi connectivity index (χ2n) is 5.08. The maximum absolute atomic E-state index is 5.45. The predicted octanol–water partition coefficient (Wildman–Crippen LogP) is 2.52. The SMILES string of the molecule is Cn1c(-c2ccco2)nc2cc(C3CNC3)ccc21. The van der Waals surface area contributed by atoms with E-state index in [1.165, 1.54) is 5.56 Å². The minimum absolute atomic E-state index is 0.637. The number of benzene rings is 1. The molecule has 0 radical (unpaired) electrons. The van der Waals surface area contributed by atoms with Crippen molar-refractivity contribution in [2.24, 2.45) is 7.05 Å². The Morgan fingerprint density at radius 3 is 2.89 bits per heavy atom. The molecular weight excluding hydrogens is 238 g/mol. The van der Waals surface area contributed by atoms with Crippen molar-refractivity contribution in [3.05, 3.63) is 42.2 Å². The lowest BCUT2D eigenvalue weighted by molar-refractivity contribution is 0.448. The molecule has 0 amide bonds. The number of hydrogen-bond donors (Lipinski definition) is 1. The van der Waals surface area contributed by atoms with E-state index in [4.69, 9.17) is 9.40 Å². The molecule has 0 unspecified atom stereocenters. The average Bonchev–Trinajstić information content (AvgIpc) is 2.95. The van der Waals surface area contributed by atoms with Gasteiger partial charge in [-0.2, -0.15) is 0 Å². The maximum Gasteiger partial charge on any atom is 0.176 e. The highest BCUT2D eigenvalue weighted by molar-refractivity contribution is 5.80. The van der Waals surface area contributed by atoms with Crippen LogP contribution >= 0.6 is 0 Å². The number of hydrogen-bond acceptors (Lipinski definition) is 3. The van der Waals surface area contributed by atoms with Crippen LogP contribution < -0.4 is 5.32 Å². The molecule has 0 saturated carbocycles. The van der Waals surface area contributed by atoms with Gasteiger partial charge in [0.1, 0.15) is 0 Å². The fourth-order valence-electron chi connectivity index (χ4n) is 2.62. The summed E-state index contributed by atoms with van der Waals surface area (Å²) in [6, 6.07) is 10.4. The first kappa shape index (κ1) is 10.8. The third-order valence-electron chi connectivity index (χ3n) is 3.90. The molecule has 1 saturated heterocycles. The zero-order valence-electron chi connectivity index (χ0n) is 10.8. The smallest absolute Gasteiger partial charge is 0.176 e. The molecule has 19 heavy (non-hydrogen) atoms. The van der Waals surface area contributed by atoms with E-state index in [9.17, 15) is 0 Å². The fourth-order valence-corrected chi connectivity index (χ4v) is 2.62. The number of aromatic nitrogens is 2. The Morgan fingerprint density at radius 1 is 1.32 bits per heavy atom. The number of fused-ring (bicyclic) bond motifs is 1. The van der Waals surface area contributed by atoms with Crippen LogP contribution in [-0.4, -0.2) is 22.6 Å². The Kier molecular flexibility index (Phi) is 2.26. The summed E-state index contributed by atoms with van der Waals surface area (Å²) in [5, 5.41) is 3.31. The van der Waals surface area contributed by atoms with Crippen molar-refractivity contribution in [3.63, 3.8) is 0 Å². The van der Waals surface area contributed by atoms with E-state index in [1.807, 2.05) is 19.2 Å². The molecule has 4 nitrogen and oxygen atoms in total. The third kappa shape index (κ3) is 1.60. The first-order valence-electron chi connectivity index (χ1n) is 6.54. The number of furan rings is 1. The zero-order valence-corrected chi connectivity index (χ0v) is 10.8. The van der Waals surface area contributed by atoms with Gasteiger partial charge in [-0.1, -0.05) is 6.07 Å². The van der Waals surface area contributed by atoms with Crippen LogP contribution in [0.5, 0.6) is 0 Å². The van der Waals surface area contributed by atoms with Gasteiger partial charge in [0.25, 0.3) is 0 Å². The Labute approximate surface area is 111 Å². The highest BCUT2D eigenvalue weighted by Crippen LogP contribution is 2.27.